The minimum atomic E-state index is 0.562. The van der Waals surface area contributed by atoms with E-state index in [1.807, 2.05) is 0 Å². The van der Waals surface area contributed by atoms with E-state index in [0.717, 1.165) is 30.1 Å². The SMILES string of the molecule is CCCc1nc(-c2ccc(C(C)C)cc2)n[nH]1. The Morgan fingerprint density at radius 1 is 1.18 bits per heavy atom. The quantitative estimate of drug-likeness (QED) is 0.871. The molecule has 17 heavy (non-hydrogen) atoms. The molecule has 2 aromatic rings. The predicted octanol–water partition coefficient (Wildman–Crippen LogP) is 3.55. The lowest BCUT2D eigenvalue weighted by Gasteiger charge is -2.04. The summed E-state index contributed by atoms with van der Waals surface area (Å²) in [5.41, 5.74) is 2.42. The molecular formula is C14H19N3. The van der Waals surface area contributed by atoms with Crippen molar-refractivity contribution in [1.82, 2.24) is 15.2 Å². The zero-order valence-corrected chi connectivity index (χ0v) is 10.7. The number of nitrogens with one attached hydrogen (secondary N) is 1. The summed E-state index contributed by atoms with van der Waals surface area (Å²) < 4.78 is 0. The van der Waals surface area contributed by atoms with E-state index in [1.54, 1.807) is 0 Å². The fourth-order valence-electron chi connectivity index (χ4n) is 1.79. The highest BCUT2D eigenvalue weighted by Gasteiger charge is 2.06. The summed E-state index contributed by atoms with van der Waals surface area (Å²) in [6.07, 6.45) is 2.04. The maximum Gasteiger partial charge on any atom is 0.181 e. The van der Waals surface area contributed by atoms with Gasteiger partial charge in [0.15, 0.2) is 5.82 Å². The molecule has 0 aliphatic heterocycles. The van der Waals surface area contributed by atoms with Gasteiger partial charge < -0.3 is 0 Å². The highest BCUT2D eigenvalue weighted by atomic mass is 15.2. The van der Waals surface area contributed by atoms with E-state index in [9.17, 15) is 0 Å². The molecule has 1 N–H and O–H groups in total. The normalized spacial score (nSPS) is 11.1. The monoisotopic (exact) mass is 229 g/mol. The second kappa shape index (κ2) is 5.13. The number of hydrogen-bond acceptors (Lipinski definition) is 2. The first-order valence-corrected chi connectivity index (χ1v) is 6.22. The van der Waals surface area contributed by atoms with Gasteiger partial charge in [-0.1, -0.05) is 45.0 Å². The molecule has 0 aliphatic carbocycles. The van der Waals surface area contributed by atoms with Gasteiger partial charge in [-0.3, -0.25) is 5.10 Å². The van der Waals surface area contributed by atoms with Crippen molar-refractivity contribution in [1.29, 1.82) is 0 Å². The van der Waals surface area contributed by atoms with Gasteiger partial charge in [0, 0.05) is 12.0 Å². The smallest absolute Gasteiger partial charge is 0.181 e. The van der Waals surface area contributed by atoms with Gasteiger partial charge in [-0.05, 0) is 17.9 Å². The van der Waals surface area contributed by atoms with Gasteiger partial charge in [0.25, 0.3) is 0 Å². The molecule has 1 aromatic heterocycles. The number of H-pyrrole nitrogens is 1. The summed E-state index contributed by atoms with van der Waals surface area (Å²) in [5, 5.41) is 7.22. The molecule has 1 heterocycles. The summed E-state index contributed by atoms with van der Waals surface area (Å²) in [6, 6.07) is 8.48. The fourth-order valence-corrected chi connectivity index (χ4v) is 1.79. The third-order valence-electron chi connectivity index (χ3n) is 2.85. The lowest BCUT2D eigenvalue weighted by atomic mass is 10.0. The lowest BCUT2D eigenvalue weighted by Crippen LogP contribution is -1.88. The Hall–Kier alpha value is -1.64. The summed E-state index contributed by atoms with van der Waals surface area (Å²) >= 11 is 0. The Kier molecular flexibility index (Phi) is 3.57. The van der Waals surface area contributed by atoms with Crippen LogP contribution >= 0.6 is 0 Å². The van der Waals surface area contributed by atoms with Gasteiger partial charge >= 0.3 is 0 Å². The highest BCUT2D eigenvalue weighted by Crippen LogP contribution is 2.19. The number of benzene rings is 1. The van der Waals surface area contributed by atoms with Crippen molar-refractivity contribution in [3.05, 3.63) is 35.7 Å². The molecule has 0 unspecified atom stereocenters. The van der Waals surface area contributed by atoms with E-state index in [-0.39, 0.29) is 0 Å². The van der Waals surface area contributed by atoms with Crippen LogP contribution in [-0.2, 0) is 6.42 Å². The van der Waals surface area contributed by atoms with Crippen LogP contribution in [0, 0.1) is 0 Å². The molecule has 0 bridgehead atoms. The second-order valence-corrected chi connectivity index (χ2v) is 4.63. The van der Waals surface area contributed by atoms with Gasteiger partial charge in [-0.15, -0.1) is 0 Å². The van der Waals surface area contributed by atoms with E-state index >= 15 is 0 Å². The van der Waals surface area contributed by atoms with E-state index in [4.69, 9.17) is 0 Å². The third-order valence-corrected chi connectivity index (χ3v) is 2.85. The van der Waals surface area contributed by atoms with Crippen molar-refractivity contribution in [3.8, 4) is 11.4 Å². The first-order valence-electron chi connectivity index (χ1n) is 6.22. The molecule has 1 aromatic carbocycles. The molecule has 0 amide bonds. The minimum absolute atomic E-state index is 0.562. The van der Waals surface area contributed by atoms with E-state index < -0.39 is 0 Å². The third kappa shape index (κ3) is 2.73. The Labute approximate surface area is 102 Å². The first kappa shape index (κ1) is 11.8. The van der Waals surface area contributed by atoms with Crippen molar-refractivity contribution in [2.24, 2.45) is 0 Å². The highest BCUT2D eigenvalue weighted by molar-refractivity contribution is 5.55. The minimum Gasteiger partial charge on any atom is -0.263 e. The number of aromatic amines is 1. The van der Waals surface area contributed by atoms with Crippen LogP contribution in [0.1, 0.15) is 44.5 Å². The Morgan fingerprint density at radius 2 is 1.88 bits per heavy atom. The van der Waals surface area contributed by atoms with Crippen LogP contribution in [0.2, 0.25) is 0 Å². The first-order chi connectivity index (χ1) is 8.20. The van der Waals surface area contributed by atoms with Gasteiger partial charge in [-0.2, -0.15) is 5.10 Å². The summed E-state index contributed by atoms with van der Waals surface area (Å²) in [5.74, 6) is 2.33. The molecule has 0 saturated carbocycles. The number of rotatable bonds is 4. The maximum atomic E-state index is 4.48. The Balaban J connectivity index is 2.21. The zero-order valence-electron chi connectivity index (χ0n) is 10.7. The standard InChI is InChI=1S/C14H19N3/c1-4-5-13-15-14(17-16-13)12-8-6-11(7-9-12)10(2)3/h6-10H,4-5H2,1-3H3,(H,15,16,17). The molecule has 2 rings (SSSR count). The van der Waals surface area contributed by atoms with Crippen molar-refractivity contribution < 1.29 is 0 Å². The zero-order chi connectivity index (χ0) is 12.3. The largest absolute Gasteiger partial charge is 0.263 e. The molecule has 0 fully saturated rings. The van der Waals surface area contributed by atoms with E-state index in [1.165, 1.54) is 5.56 Å². The van der Waals surface area contributed by atoms with Gasteiger partial charge in [-0.25, -0.2) is 4.98 Å². The molecule has 90 valence electrons. The van der Waals surface area contributed by atoms with Crippen LogP contribution in [0.15, 0.2) is 24.3 Å². The van der Waals surface area contributed by atoms with Crippen LogP contribution in [0.5, 0.6) is 0 Å². The lowest BCUT2D eigenvalue weighted by molar-refractivity contribution is 0.841. The Bertz CT molecular complexity index is 468. The average Bonchev–Trinajstić information content (AvgIpc) is 2.78. The molecule has 0 radical (unpaired) electrons. The van der Waals surface area contributed by atoms with E-state index in [0.29, 0.717) is 5.92 Å². The van der Waals surface area contributed by atoms with Crippen molar-refractivity contribution in [2.45, 2.75) is 39.5 Å². The van der Waals surface area contributed by atoms with Crippen LogP contribution in [0.25, 0.3) is 11.4 Å². The summed E-state index contributed by atoms with van der Waals surface area (Å²) in [7, 11) is 0. The molecule has 0 aliphatic rings. The van der Waals surface area contributed by atoms with Crippen LogP contribution in [-0.4, -0.2) is 15.2 Å². The van der Waals surface area contributed by atoms with Crippen LogP contribution in [0.3, 0.4) is 0 Å². The fraction of sp³-hybridized carbons (Fsp3) is 0.429. The molecule has 0 spiro atoms. The van der Waals surface area contributed by atoms with E-state index in [2.05, 4.69) is 60.2 Å². The van der Waals surface area contributed by atoms with Gasteiger partial charge in [0.05, 0.1) is 0 Å². The van der Waals surface area contributed by atoms with Gasteiger partial charge in [0.2, 0.25) is 0 Å². The number of hydrogen-bond donors (Lipinski definition) is 1. The number of aryl methyl sites for hydroxylation is 1. The molecule has 3 heteroatoms. The average molecular weight is 229 g/mol. The van der Waals surface area contributed by atoms with Crippen molar-refractivity contribution in [2.75, 3.05) is 0 Å². The predicted molar refractivity (Wildman–Crippen MR) is 69.9 cm³/mol. The molecular weight excluding hydrogens is 210 g/mol. The summed E-state index contributed by atoms with van der Waals surface area (Å²) in [4.78, 5) is 4.48. The molecule has 0 atom stereocenters. The number of nitrogens with zero attached hydrogens (tertiary/aromatic N) is 2. The summed E-state index contributed by atoms with van der Waals surface area (Å²) in [6.45, 7) is 6.53. The topological polar surface area (TPSA) is 41.6 Å². The van der Waals surface area contributed by atoms with Crippen molar-refractivity contribution in [3.63, 3.8) is 0 Å². The number of aromatic nitrogens is 3. The van der Waals surface area contributed by atoms with Crippen LogP contribution in [0.4, 0.5) is 0 Å². The van der Waals surface area contributed by atoms with Crippen LogP contribution < -0.4 is 0 Å². The Morgan fingerprint density at radius 3 is 2.47 bits per heavy atom. The molecule has 3 nitrogen and oxygen atoms in total. The van der Waals surface area contributed by atoms with Gasteiger partial charge in [0.1, 0.15) is 5.82 Å². The van der Waals surface area contributed by atoms with Crippen molar-refractivity contribution >= 4 is 0 Å². The maximum absolute atomic E-state index is 4.48. The molecule has 0 saturated heterocycles. The second-order valence-electron chi connectivity index (χ2n) is 4.63.